The van der Waals surface area contributed by atoms with Crippen molar-refractivity contribution in [3.63, 3.8) is 0 Å². The summed E-state index contributed by atoms with van der Waals surface area (Å²) in [7, 11) is 1.70. The number of halogens is 2. The van der Waals surface area contributed by atoms with Gasteiger partial charge in [0.1, 0.15) is 5.75 Å². The first-order chi connectivity index (χ1) is 13.7. The second-order valence-corrected chi connectivity index (χ2v) is 7.48. The topological polar surface area (TPSA) is 86.1 Å². The van der Waals surface area contributed by atoms with Crippen LogP contribution >= 0.6 is 11.3 Å². The second-order valence-electron chi connectivity index (χ2n) is 6.28. The van der Waals surface area contributed by atoms with Crippen LogP contribution in [0.5, 0.6) is 5.75 Å². The minimum absolute atomic E-state index is 0.0398. The molecule has 3 aromatic rings. The number of carbonyl (C=O) groups is 2. The number of aromatic nitrogens is 3. The SMILES string of the molecule is Cc1nn(C)c(C)c1C(=O)C(=O)Nc1nc(-c2ccc(OC(F)F)cc2)c(C)s1. The highest BCUT2D eigenvalue weighted by atomic mass is 32.1. The predicted octanol–water partition coefficient (Wildman–Crippen LogP) is 3.89. The van der Waals surface area contributed by atoms with Crippen molar-refractivity contribution in [2.45, 2.75) is 27.4 Å². The third-order valence-electron chi connectivity index (χ3n) is 4.31. The first kappa shape index (κ1) is 20.6. The van der Waals surface area contributed by atoms with Crippen LogP contribution in [0.1, 0.15) is 26.6 Å². The second kappa shape index (κ2) is 8.08. The fourth-order valence-electron chi connectivity index (χ4n) is 2.88. The van der Waals surface area contributed by atoms with E-state index in [-0.39, 0.29) is 16.4 Å². The number of rotatable bonds is 6. The fourth-order valence-corrected chi connectivity index (χ4v) is 3.71. The molecule has 0 unspecified atom stereocenters. The van der Waals surface area contributed by atoms with Crippen molar-refractivity contribution in [2.24, 2.45) is 7.05 Å². The molecule has 152 valence electrons. The van der Waals surface area contributed by atoms with Crippen molar-refractivity contribution < 1.29 is 23.1 Å². The Bertz CT molecular complexity index is 1070. The Labute approximate surface area is 169 Å². The van der Waals surface area contributed by atoms with E-state index in [1.807, 2.05) is 6.92 Å². The summed E-state index contributed by atoms with van der Waals surface area (Å²) in [6.45, 7) is 2.30. The Kier molecular flexibility index (Phi) is 5.73. The smallest absolute Gasteiger partial charge is 0.387 e. The average Bonchev–Trinajstić information content (AvgIpc) is 3.13. The van der Waals surface area contributed by atoms with Crippen LogP contribution in [0.3, 0.4) is 0 Å². The van der Waals surface area contributed by atoms with E-state index in [2.05, 4.69) is 20.1 Å². The van der Waals surface area contributed by atoms with Gasteiger partial charge in [0.25, 0.3) is 11.7 Å². The molecule has 29 heavy (non-hydrogen) atoms. The molecule has 0 saturated carbocycles. The number of nitrogens with zero attached hydrogens (tertiary/aromatic N) is 3. The van der Waals surface area contributed by atoms with E-state index in [1.165, 1.54) is 23.5 Å². The maximum atomic E-state index is 12.5. The number of thiazole rings is 1. The Balaban J connectivity index is 1.78. The summed E-state index contributed by atoms with van der Waals surface area (Å²) >= 11 is 1.21. The number of benzene rings is 1. The van der Waals surface area contributed by atoms with Crippen molar-refractivity contribution in [1.82, 2.24) is 14.8 Å². The van der Waals surface area contributed by atoms with Gasteiger partial charge in [-0.3, -0.25) is 19.6 Å². The van der Waals surface area contributed by atoms with E-state index in [1.54, 1.807) is 37.7 Å². The lowest BCUT2D eigenvalue weighted by molar-refractivity contribution is -0.112. The molecule has 0 radical (unpaired) electrons. The van der Waals surface area contributed by atoms with Crippen molar-refractivity contribution in [2.75, 3.05) is 5.32 Å². The first-order valence-electron chi connectivity index (χ1n) is 8.56. The van der Waals surface area contributed by atoms with Gasteiger partial charge in [-0.05, 0) is 45.0 Å². The summed E-state index contributed by atoms with van der Waals surface area (Å²) in [5.74, 6) is -1.45. The third kappa shape index (κ3) is 4.32. The molecule has 0 saturated heterocycles. The number of amides is 1. The fraction of sp³-hybridized carbons (Fsp3) is 0.263. The number of hydrogen-bond donors (Lipinski definition) is 1. The Hall–Kier alpha value is -3.14. The van der Waals surface area contributed by atoms with Gasteiger partial charge in [-0.2, -0.15) is 13.9 Å². The first-order valence-corrected chi connectivity index (χ1v) is 9.37. The number of carbonyl (C=O) groups excluding carboxylic acids is 2. The van der Waals surface area contributed by atoms with Crippen LogP contribution in [0.25, 0.3) is 11.3 Å². The van der Waals surface area contributed by atoms with Crippen LogP contribution in [0.4, 0.5) is 13.9 Å². The van der Waals surface area contributed by atoms with Gasteiger partial charge >= 0.3 is 6.61 Å². The predicted molar refractivity (Wildman–Crippen MR) is 105 cm³/mol. The standard InChI is InChI=1S/C19H18F2N4O3S/c1-9-14(10(2)25(4)24-9)16(26)17(27)23-19-22-15(11(3)29-19)12-5-7-13(8-6-12)28-18(20)21/h5-8,18H,1-4H3,(H,22,23,27). The van der Waals surface area contributed by atoms with Gasteiger partial charge in [-0.25, -0.2) is 4.98 Å². The van der Waals surface area contributed by atoms with Gasteiger partial charge in [0, 0.05) is 23.2 Å². The molecule has 10 heteroatoms. The van der Waals surface area contributed by atoms with E-state index >= 15 is 0 Å². The minimum atomic E-state index is -2.90. The molecule has 0 spiro atoms. The summed E-state index contributed by atoms with van der Waals surface area (Å²) in [4.78, 5) is 30.1. The zero-order chi connectivity index (χ0) is 21.3. The number of aryl methyl sites for hydroxylation is 3. The summed E-state index contributed by atoms with van der Waals surface area (Å²) < 4.78 is 30.4. The Morgan fingerprint density at radius 1 is 1.17 bits per heavy atom. The molecule has 1 N–H and O–H groups in total. The van der Waals surface area contributed by atoms with Crippen LogP contribution < -0.4 is 10.1 Å². The quantitative estimate of drug-likeness (QED) is 0.483. The molecule has 2 aromatic heterocycles. The summed E-state index contributed by atoms with van der Waals surface area (Å²) in [6, 6.07) is 6.02. The monoisotopic (exact) mass is 420 g/mol. The lowest BCUT2D eigenvalue weighted by atomic mass is 10.1. The van der Waals surface area contributed by atoms with Gasteiger partial charge in [0.05, 0.1) is 17.0 Å². The third-order valence-corrected chi connectivity index (χ3v) is 5.20. The van der Waals surface area contributed by atoms with Gasteiger partial charge in [0.15, 0.2) is 5.13 Å². The van der Waals surface area contributed by atoms with E-state index in [0.717, 1.165) is 4.88 Å². The largest absolute Gasteiger partial charge is 0.435 e. The van der Waals surface area contributed by atoms with Crippen molar-refractivity contribution in [3.05, 3.63) is 46.1 Å². The zero-order valence-electron chi connectivity index (χ0n) is 16.1. The van der Waals surface area contributed by atoms with Crippen molar-refractivity contribution in [3.8, 4) is 17.0 Å². The lowest BCUT2D eigenvalue weighted by Crippen LogP contribution is -2.23. The Morgan fingerprint density at radius 3 is 2.38 bits per heavy atom. The van der Waals surface area contributed by atoms with Crippen LogP contribution in [-0.4, -0.2) is 33.1 Å². The number of alkyl halides is 2. The molecule has 3 rings (SSSR count). The minimum Gasteiger partial charge on any atom is -0.435 e. The molecule has 0 atom stereocenters. The molecular weight excluding hydrogens is 402 g/mol. The van der Waals surface area contributed by atoms with Crippen molar-refractivity contribution in [1.29, 1.82) is 0 Å². The van der Waals surface area contributed by atoms with Gasteiger partial charge in [0.2, 0.25) is 0 Å². The van der Waals surface area contributed by atoms with E-state index in [4.69, 9.17) is 0 Å². The normalized spacial score (nSPS) is 11.0. The molecule has 0 aliphatic carbocycles. The maximum Gasteiger partial charge on any atom is 0.387 e. The number of Topliss-reactive ketones (excluding diaryl/α,β-unsaturated/α-hetero) is 1. The molecule has 0 fully saturated rings. The van der Waals surface area contributed by atoms with Crippen LogP contribution in [0.15, 0.2) is 24.3 Å². The molecule has 7 nitrogen and oxygen atoms in total. The van der Waals surface area contributed by atoms with Crippen molar-refractivity contribution >= 4 is 28.2 Å². The highest BCUT2D eigenvalue weighted by Gasteiger charge is 2.25. The van der Waals surface area contributed by atoms with Crippen LogP contribution in [0, 0.1) is 20.8 Å². The molecule has 0 aliphatic heterocycles. The summed E-state index contributed by atoms with van der Waals surface area (Å²) in [5.41, 5.74) is 2.60. The maximum absolute atomic E-state index is 12.5. The molecule has 0 bridgehead atoms. The molecule has 0 aliphatic rings. The summed E-state index contributed by atoms with van der Waals surface area (Å²) in [5, 5.41) is 6.95. The summed E-state index contributed by atoms with van der Waals surface area (Å²) in [6.07, 6.45) is 0. The number of nitrogens with one attached hydrogen (secondary N) is 1. The number of hydrogen-bond acceptors (Lipinski definition) is 6. The number of ketones is 1. The van der Waals surface area contributed by atoms with Gasteiger partial charge in [-0.15, -0.1) is 11.3 Å². The van der Waals surface area contributed by atoms with Crippen LogP contribution in [0.2, 0.25) is 0 Å². The number of anilines is 1. The van der Waals surface area contributed by atoms with Gasteiger partial charge in [-0.1, -0.05) is 0 Å². The van der Waals surface area contributed by atoms with Crippen LogP contribution in [-0.2, 0) is 11.8 Å². The highest BCUT2D eigenvalue weighted by molar-refractivity contribution is 7.16. The highest BCUT2D eigenvalue weighted by Crippen LogP contribution is 2.31. The molecule has 1 amide bonds. The molecular formula is C19H18F2N4O3S. The number of ether oxygens (including phenoxy) is 1. The zero-order valence-corrected chi connectivity index (χ0v) is 16.9. The molecule has 2 heterocycles. The lowest BCUT2D eigenvalue weighted by Gasteiger charge is -2.05. The average molecular weight is 420 g/mol. The van der Waals surface area contributed by atoms with Gasteiger partial charge < -0.3 is 4.74 Å². The van der Waals surface area contributed by atoms with E-state index < -0.39 is 18.3 Å². The van der Waals surface area contributed by atoms with E-state index in [9.17, 15) is 18.4 Å². The Morgan fingerprint density at radius 2 is 1.83 bits per heavy atom. The van der Waals surface area contributed by atoms with E-state index in [0.29, 0.717) is 22.6 Å². The molecule has 1 aromatic carbocycles.